The topological polar surface area (TPSA) is 73.9 Å². The van der Waals surface area contributed by atoms with Gasteiger partial charge in [-0.25, -0.2) is 9.59 Å². The number of carbonyl (C=O) groups excluding carboxylic acids is 2. The van der Waals surface area contributed by atoms with Crippen LogP contribution in [0.3, 0.4) is 0 Å². The van der Waals surface area contributed by atoms with E-state index >= 15 is 0 Å². The Morgan fingerprint density at radius 3 is 2.65 bits per heavy atom. The Hall–Kier alpha value is -1.56. The van der Waals surface area contributed by atoms with Crippen molar-refractivity contribution >= 4 is 12.1 Å². The molecule has 0 aromatic carbocycles. The molecule has 0 aromatic rings. The third-order valence-electron chi connectivity index (χ3n) is 2.70. The summed E-state index contributed by atoms with van der Waals surface area (Å²) in [5, 5.41) is 2.55. The van der Waals surface area contributed by atoms with Crippen LogP contribution in [0.4, 0.5) is 4.79 Å². The summed E-state index contributed by atoms with van der Waals surface area (Å²) in [6, 6.07) is -0.737. The fourth-order valence-electron chi connectivity index (χ4n) is 1.80. The summed E-state index contributed by atoms with van der Waals surface area (Å²) < 4.78 is 15.1. The predicted octanol–water partition coefficient (Wildman–Crippen LogP) is 1.79. The zero-order valence-corrected chi connectivity index (χ0v) is 12.5. The molecule has 20 heavy (non-hydrogen) atoms. The predicted molar refractivity (Wildman–Crippen MR) is 73.3 cm³/mol. The second-order valence-electron chi connectivity index (χ2n) is 5.61. The van der Waals surface area contributed by atoms with E-state index in [1.165, 1.54) is 7.11 Å². The Morgan fingerprint density at radius 2 is 2.15 bits per heavy atom. The molecule has 0 aliphatic carbocycles. The maximum Gasteiger partial charge on any atom is 0.408 e. The average molecular weight is 285 g/mol. The van der Waals surface area contributed by atoms with Crippen LogP contribution >= 0.6 is 0 Å². The molecule has 1 atom stereocenters. The third-order valence-corrected chi connectivity index (χ3v) is 2.70. The molecule has 0 saturated carbocycles. The van der Waals surface area contributed by atoms with Gasteiger partial charge in [0.1, 0.15) is 11.6 Å². The number of alkyl carbamates (subject to hydrolysis) is 1. The number of rotatable bonds is 4. The molecular weight excluding hydrogens is 262 g/mol. The largest absolute Gasteiger partial charge is 0.467 e. The number of hydrogen-bond donors (Lipinski definition) is 1. The second-order valence-corrected chi connectivity index (χ2v) is 5.61. The lowest BCUT2D eigenvalue weighted by Crippen LogP contribution is -2.44. The van der Waals surface area contributed by atoms with Gasteiger partial charge in [0.15, 0.2) is 0 Å². The Kier molecular flexibility index (Phi) is 6.01. The maximum atomic E-state index is 11.7. The fraction of sp³-hybridized carbons (Fsp3) is 0.714. The minimum absolute atomic E-state index is 0.412. The third kappa shape index (κ3) is 6.06. The van der Waals surface area contributed by atoms with E-state index in [-0.39, 0.29) is 0 Å². The Bertz CT molecular complexity index is 384. The summed E-state index contributed by atoms with van der Waals surface area (Å²) in [7, 11) is 1.30. The molecule has 0 radical (unpaired) electrons. The lowest BCUT2D eigenvalue weighted by molar-refractivity contribution is -0.143. The minimum atomic E-state index is -0.737. The van der Waals surface area contributed by atoms with Crippen molar-refractivity contribution in [2.45, 2.75) is 45.3 Å². The van der Waals surface area contributed by atoms with Gasteiger partial charge in [0.05, 0.1) is 20.3 Å². The molecule has 1 heterocycles. The van der Waals surface area contributed by atoms with Gasteiger partial charge in [-0.2, -0.15) is 0 Å². The molecule has 114 valence electrons. The van der Waals surface area contributed by atoms with Crippen molar-refractivity contribution < 1.29 is 23.8 Å². The van der Waals surface area contributed by atoms with Gasteiger partial charge in [-0.05, 0) is 33.6 Å². The maximum absolute atomic E-state index is 11.7. The molecule has 6 nitrogen and oxygen atoms in total. The van der Waals surface area contributed by atoms with E-state index < -0.39 is 23.7 Å². The van der Waals surface area contributed by atoms with Crippen LogP contribution in [0.1, 0.15) is 33.6 Å². The van der Waals surface area contributed by atoms with E-state index in [0.29, 0.717) is 19.6 Å². The van der Waals surface area contributed by atoms with Gasteiger partial charge in [0, 0.05) is 0 Å². The van der Waals surface area contributed by atoms with Crippen LogP contribution in [-0.4, -0.2) is 44.0 Å². The van der Waals surface area contributed by atoms with Crippen LogP contribution in [0.2, 0.25) is 0 Å². The molecule has 0 spiro atoms. The molecule has 1 rings (SSSR count). The smallest absolute Gasteiger partial charge is 0.408 e. The zero-order valence-electron chi connectivity index (χ0n) is 12.5. The van der Waals surface area contributed by atoms with Crippen LogP contribution in [0.15, 0.2) is 11.6 Å². The first-order valence-corrected chi connectivity index (χ1v) is 6.65. The first-order chi connectivity index (χ1) is 9.31. The summed E-state index contributed by atoms with van der Waals surface area (Å²) in [5.74, 6) is -0.483. The highest BCUT2D eigenvalue weighted by molar-refractivity contribution is 5.81. The Morgan fingerprint density at radius 1 is 1.45 bits per heavy atom. The van der Waals surface area contributed by atoms with Gasteiger partial charge in [-0.1, -0.05) is 11.6 Å². The van der Waals surface area contributed by atoms with E-state index in [1.54, 1.807) is 20.8 Å². The van der Waals surface area contributed by atoms with Gasteiger partial charge in [0.25, 0.3) is 0 Å². The molecule has 1 aliphatic heterocycles. The molecule has 0 saturated heterocycles. The quantitative estimate of drug-likeness (QED) is 0.629. The SMILES string of the molecule is COC(=O)C(CC1=CCOCC1)NC(=O)OC(C)(C)C. The Labute approximate surface area is 119 Å². The van der Waals surface area contributed by atoms with Crippen molar-refractivity contribution in [3.63, 3.8) is 0 Å². The lowest BCUT2D eigenvalue weighted by atomic mass is 10.0. The van der Waals surface area contributed by atoms with Crippen molar-refractivity contribution in [2.24, 2.45) is 0 Å². The van der Waals surface area contributed by atoms with E-state index in [2.05, 4.69) is 5.32 Å². The van der Waals surface area contributed by atoms with E-state index in [9.17, 15) is 9.59 Å². The minimum Gasteiger partial charge on any atom is -0.467 e. The van der Waals surface area contributed by atoms with Crippen molar-refractivity contribution in [1.82, 2.24) is 5.32 Å². The highest BCUT2D eigenvalue weighted by Gasteiger charge is 2.26. The number of ether oxygens (including phenoxy) is 3. The molecule has 0 fully saturated rings. The molecule has 6 heteroatoms. The fourth-order valence-corrected chi connectivity index (χ4v) is 1.80. The van der Waals surface area contributed by atoms with Gasteiger partial charge >= 0.3 is 12.1 Å². The summed E-state index contributed by atoms with van der Waals surface area (Å²) in [6.07, 6.45) is 2.47. The zero-order chi connectivity index (χ0) is 15.2. The Balaban J connectivity index is 2.62. The summed E-state index contributed by atoms with van der Waals surface area (Å²) in [5.41, 5.74) is 0.464. The molecule has 0 aromatic heterocycles. The monoisotopic (exact) mass is 285 g/mol. The first kappa shape index (κ1) is 16.5. The molecule has 1 N–H and O–H groups in total. The highest BCUT2D eigenvalue weighted by atomic mass is 16.6. The number of carbonyl (C=O) groups is 2. The van der Waals surface area contributed by atoms with Crippen molar-refractivity contribution in [3.05, 3.63) is 11.6 Å². The number of amides is 1. The summed E-state index contributed by atoms with van der Waals surface area (Å²) in [4.78, 5) is 23.5. The van der Waals surface area contributed by atoms with Crippen molar-refractivity contribution in [2.75, 3.05) is 20.3 Å². The standard InChI is InChI=1S/C14H23NO5/c1-14(2,3)20-13(17)15-11(12(16)18-4)9-10-5-7-19-8-6-10/h5,11H,6-9H2,1-4H3,(H,15,17). The number of esters is 1. The molecule has 1 aliphatic rings. The number of methoxy groups -OCH3 is 1. The van der Waals surface area contributed by atoms with Gasteiger partial charge < -0.3 is 19.5 Å². The van der Waals surface area contributed by atoms with Crippen LogP contribution in [0.5, 0.6) is 0 Å². The van der Waals surface area contributed by atoms with Crippen LogP contribution in [0, 0.1) is 0 Å². The second kappa shape index (κ2) is 7.28. The van der Waals surface area contributed by atoms with E-state index in [4.69, 9.17) is 14.2 Å². The van der Waals surface area contributed by atoms with Crippen molar-refractivity contribution in [1.29, 1.82) is 0 Å². The van der Waals surface area contributed by atoms with E-state index in [1.807, 2.05) is 6.08 Å². The van der Waals surface area contributed by atoms with E-state index in [0.717, 1.165) is 12.0 Å². The first-order valence-electron chi connectivity index (χ1n) is 6.65. The van der Waals surface area contributed by atoms with Crippen molar-refractivity contribution in [3.8, 4) is 0 Å². The average Bonchev–Trinajstić information content (AvgIpc) is 2.36. The number of hydrogen-bond acceptors (Lipinski definition) is 5. The number of nitrogens with one attached hydrogen (secondary N) is 1. The lowest BCUT2D eigenvalue weighted by Gasteiger charge is -2.23. The summed E-state index contributed by atoms with van der Waals surface area (Å²) in [6.45, 7) is 6.46. The summed E-state index contributed by atoms with van der Waals surface area (Å²) >= 11 is 0. The van der Waals surface area contributed by atoms with Crippen LogP contribution in [-0.2, 0) is 19.0 Å². The van der Waals surface area contributed by atoms with Crippen LogP contribution in [0.25, 0.3) is 0 Å². The normalized spacial score (nSPS) is 16.9. The van der Waals surface area contributed by atoms with Gasteiger partial charge in [0.2, 0.25) is 0 Å². The van der Waals surface area contributed by atoms with Gasteiger partial charge in [-0.3, -0.25) is 0 Å². The van der Waals surface area contributed by atoms with Gasteiger partial charge in [-0.15, -0.1) is 0 Å². The molecule has 1 amide bonds. The molecule has 0 bridgehead atoms. The highest BCUT2D eigenvalue weighted by Crippen LogP contribution is 2.15. The molecule has 1 unspecified atom stereocenters. The van der Waals surface area contributed by atoms with Crippen LogP contribution < -0.4 is 5.32 Å². The molecular formula is C14H23NO5.